The number of aromatic nitrogens is 1. The van der Waals surface area contributed by atoms with E-state index in [4.69, 9.17) is 11.6 Å². The first-order valence-corrected chi connectivity index (χ1v) is 7.50. The zero-order valence-corrected chi connectivity index (χ0v) is 12.2. The fraction of sp³-hybridized carbons (Fsp3) is 0.500. The van der Waals surface area contributed by atoms with E-state index in [0.717, 1.165) is 10.2 Å². The third-order valence-corrected chi connectivity index (χ3v) is 4.15. The summed E-state index contributed by atoms with van der Waals surface area (Å²) in [6.45, 7) is 0. The quantitative estimate of drug-likeness (QED) is 0.712. The van der Waals surface area contributed by atoms with Crippen LogP contribution in [0, 0.1) is 5.92 Å². The van der Waals surface area contributed by atoms with Crippen LogP contribution >= 0.6 is 27.5 Å². The Morgan fingerprint density at radius 2 is 2.12 bits per heavy atom. The van der Waals surface area contributed by atoms with E-state index >= 15 is 0 Å². The lowest BCUT2D eigenvalue weighted by Gasteiger charge is -2.23. The molecule has 0 aromatic carbocycles. The average Bonchev–Trinajstić information content (AvgIpc) is 2.39. The molecule has 1 saturated carbocycles. The number of halogens is 2. The molecule has 1 nitrogen and oxygen atoms in total. The third-order valence-electron chi connectivity index (χ3n) is 3.37. The minimum atomic E-state index is 0.627. The van der Waals surface area contributed by atoms with Gasteiger partial charge in [-0.2, -0.15) is 0 Å². The van der Waals surface area contributed by atoms with Crippen LogP contribution in [0.4, 0.5) is 0 Å². The monoisotopic (exact) mass is 313 g/mol. The normalized spacial score (nSPS) is 18.4. The summed E-state index contributed by atoms with van der Waals surface area (Å²) >= 11 is 9.47. The van der Waals surface area contributed by atoms with E-state index in [1.54, 1.807) is 0 Å². The summed E-state index contributed by atoms with van der Waals surface area (Å²) in [4.78, 5) is 4.38. The maximum Gasteiger partial charge on any atom is 0.0630 e. The molecule has 1 heterocycles. The fourth-order valence-electron chi connectivity index (χ4n) is 2.40. The first kappa shape index (κ1) is 13.1. The number of rotatable bonds is 3. The molecule has 1 aromatic rings. The summed E-state index contributed by atoms with van der Waals surface area (Å²) in [7, 11) is 0. The first-order valence-electron chi connectivity index (χ1n) is 6.17. The molecule has 0 amide bonds. The van der Waals surface area contributed by atoms with Crippen molar-refractivity contribution in [3.8, 4) is 0 Å². The van der Waals surface area contributed by atoms with Gasteiger partial charge in [0.05, 0.1) is 5.69 Å². The molecule has 0 bridgehead atoms. The smallest absolute Gasteiger partial charge is 0.0630 e. The highest BCUT2D eigenvalue weighted by Gasteiger charge is 2.17. The van der Waals surface area contributed by atoms with Crippen molar-refractivity contribution in [2.45, 2.75) is 32.1 Å². The third kappa shape index (κ3) is 3.82. The van der Waals surface area contributed by atoms with E-state index in [1.807, 2.05) is 18.3 Å². The Bertz CT molecular complexity index is 380. The molecule has 3 heteroatoms. The highest BCUT2D eigenvalue weighted by molar-refractivity contribution is 9.10. The van der Waals surface area contributed by atoms with Crippen molar-refractivity contribution >= 4 is 33.6 Å². The van der Waals surface area contributed by atoms with Crippen LogP contribution in [0.15, 0.2) is 28.4 Å². The molecule has 0 aliphatic heterocycles. The Labute approximate surface area is 116 Å². The predicted molar refractivity (Wildman–Crippen MR) is 77.2 cm³/mol. The van der Waals surface area contributed by atoms with Gasteiger partial charge in [0.2, 0.25) is 0 Å². The van der Waals surface area contributed by atoms with Gasteiger partial charge in [0, 0.05) is 16.5 Å². The summed E-state index contributed by atoms with van der Waals surface area (Å²) in [6, 6.07) is 4.05. The van der Waals surface area contributed by atoms with Crippen LogP contribution in [-0.4, -0.2) is 10.9 Å². The molecule has 17 heavy (non-hydrogen) atoms. The highest BCUT2D eigenvalue weighted by Crippen LogP contribution is 2.31. The summed E-state index contributed by atoms with van der Waals surface area (Å²) in [5.41, 5.74) is 2.36. The lowest BCUT2D eigenvalue weighted by atomic mass is 9.84. The second-order valence-electron chi connectivity index (χ2n) is 4.59. The van der Waals surface area contributed by atoms with Crippen LogP contribution in [0.3, 0.4) is 0 Å². The van der Waals surface area contributed by atoms with Gasteiger partial charge in [0.1, 0.15) is 0 Å². The topological polar surface area (TPSA) is 12.9 Å². The summed E-state index contributed by atoms with van der Waals surface area (Å²) in [5.74, 6) is 1.30. The molecule has 2 rings (SSSR count). The van der Waals surface area contributed by atoms with Crippen LogP contribution in [0.25, 0.3) is 6.08 Å². The van der Waals surface area contributed by atoms with Crippen LogP contribution < -0.4 is 0 Å². The largest absolute Gasteiger partial charge is 0.256 e. The summed E-state index contributed by atoms with van der Waals surface area (Å²) < 4.78 is 1.01. The molecule has 0 N–H and O–H groups in total. The number of alkyl halides is 1. The summed E-state index contributed by atoms with van der Waals surface area (Å²) in [6.07, 6.45) is 10.6. The van der Waals surface area contributed by atoms with Crippen molar-refractivity contribution in [2.24, 2.45) is 5.92 Å². The molecule has 0 spiro atoms. The Hall–Kier alpha value is -0.340. The number of nitrogens with zero attached hydrogens (tertiary/aromatic N) is 1. The number of hydrogen-bond donors (Lipinski definition) is 0. The van der Waals surface area contributed by atoms with E-state index in [-0.39, 0.29) is 0 Å². The van der Waals surface area contributed by atoms with Crippen molar-refractivity contribution in [3.63, 3.8) is 0 Å². The maximum atomic E-state index is 6.08. The van der Waals surface area contributed by atoms with Gasteiger partial charge in [-0.05, 0) is 52.9 Å². The predicted octanol–water partition coefficient (Wildman–Crippen LogP) is 5.05. The van der Waals surface area contributed by atoms with E-state index in [0.29, 0.717) is 11.8 Å². The molecule has 0 atom stereocenters. The lowest BCUT2D eigenvalue weighted by molar-refractivity contribution is 0.405. The van der Waals surface area contributed by atoms with Gasteiger partial charge >= 0.3 is 0 Å². The molecule has 1 fully saturated rings. The van der Waals surface area contributed by atoms with Gasteiger partial charge in [0.15, 0.2) is 0 Å². The molecule has 1 aliphatic rings. The van der Waals surface area contributed by atoms with Gasteiger partial charge < -0.3 is 0 Å². The fourth-order valence-corrected chi connectivity index (χ4v) is 2.93. The van der Waals surface area contributed by atoms with Gasteiger partial charge in [-0.3, -0.25) is 4.98 Å². The van der Waals surface area contributed by atoms with Gasteiger partial charge in [-0.25, -0.2) is 0 Å². The Balaban J connectivity index is 2.13. The van der Waals surface area contributed by atoms with E-state index in [1.165, 1.54) is 37.7 Å². The van der Waals surface area contributed by atoms with Crippen LogP contribution in [0.5, 0.6) is 0 Å². The molecule has 0 saturated heterocycles. The van der Waals surface area contributed by atoms with Crippen LogP contribution in [-0.2, 0) is 0 Å². The van der Waals surface area contributed by atoms with Crippen molar-refractivity contribution in [1.29, 1.82) is 0 Å². The van der Waals surface area contributed by atoms with Crippen molar-refractivity contribution in [3.05, 3.63) is 34.1 Å². The average molecular weight is 315 g/mol. The highest BCUT2D eigenvalue weighted by atomic mass is 79.9. The maximum absolute atomic E-state index is 6.08. The van der Waals surface area contributed by atoms with Gasteiger partial charge in [-0.15, -0.1) is 11.6 Å². The minimum absolute atomic E-state index is 0.627. The second-order valence-corrected chi connectivity index (χ2v) is 5.77. The standard InChI is InChI=1S/C14H17BrClN/c15-13-6-7-14(17-10-13)8-12(9-16)11-4-2-1-3-5-11/h6-8,10-11H,1-5,9H2/b12-8-. The zero-order chi connectivity index (χ0) is 12.1. The van der Waals surface area contributed by atoms with E-state index in [2.05, 4.69) is 27.0 Å². The molecular formula is C14H17BrClN. The molecule has 0 unspecified atom stereocenters. The Kier molecular flexibility index (Phi) is 5.05. The zero-order valence-electron chi connectivity index (χ0n) is 9.83. The molecule has 1 aliphatic carbocycles. The second kappa shape index (κ2) is 6.55. The molecular weight excluding hydrogens is 298 g/mol. The van der Waals surface area contributed by atoms with E-state index < -0.39 is 0 Å². The van der Waals surface area contributed by atoms with Crippen molar-refractivity contribution in [1.82, 2.24) is 4.98 Å². The SMILES string of the molecule is ClC/C(=C/c1ccc(Br)cn1)C1CCCCC1. The lowest BCUT2D eigenvalue weighted by Crippen LogP contribution is -2.10. The van der Waals surface area contributed by atoms with Crippen molar-refractivity contribution < 1.29 is 0 Å². The molecule has 1 aromatic heterocycles. The number of hydrogen-bond acceptors (Lipinski definition) is 1. The molecule has 0 radical (unpaired) electrons. The van der Waals surface area contributed by atoms with Crippen molar-refractivity contribution in [2.75, 3.05) is 5.88 Å². The Morgan fingerprint density at radius 1 is 1.35 bits per heavy atom. The number of pyridine rings is 1. The van der Waals surface area contributed by atoms with Gasteiger partial charge in [0.25, 0.3) is 0 Å². The van der Waals surface area contributed by atoms with E-state index in [9.17, 15) is 0 Å². The minimum Gasteiger partial charge on any atom is -0.256 e. The van der Waals surface area contributed by atoms with Crippen LogP contribution in [0.1, 0.15) is 37.8 Å². The molecule has 92 valence electrons. The van der Waals surface area contributed by atoms with Crippen LogP contribution in [0.2, 0.25) is 0 Å². The van der Waals surface area contributed by atoms with Gasteiger partial charge in [-0.1, -0.05) is 24.8 Å². The first-order chi connectivity index (χ1) is 8.29. The number of allylic oxidation sites excluding steroid dienone is 1. The Morgan fingerprint density at radius 3 is 2.71 bits per heavy atom. The summed E-state index contributed by atoms with van der Waals surface area (Å²) in [5, 5.41) is 0.